The van der Waals surface area contributed by atoms with Crippen molar-refractivity contribution >= 4 is 39.5 Å². The first-order valence-corrected chi connectivity index (χ1v) is 46.0. The van der Waals surface area contributed by atoms with Crippen LogP contribution < -0.4 is 0 Å². The second-order valence-corrected chi connectivity index (χ2v) is 33.5. The molecule has 17 nitrogen and oxygen atoms in total. The number of aliphatic hydroxyl groups excluding tert-OH is 1. The average Bonchev–Trinajstić information content (AvgIpc) is 0.945. The number of esters is 4. The summed E-state index contributed by atoms with van der Waals surface area (Å²) in [6.07, 6.45) is 65.2. The maximum atomic E-state index is 13.1. The molecule has 0 aromatic carbocycles. The van der Waals surface area contributed by atoms with Gasteiger partial charge in [0, 0.05) is 25.7 Å². The first kappa shape index (κ1) is 100. The number of unbranched alkanes of at least 4 members (excludes halogenated alkanes) is 51. The number of hydrogen-bond donors (Lipinski definition) is 3. The maximum Gasteiger partial charge on any atom is 0.472 e. The molecule has 0 saturated heterocycles. The lowest BCUT2D eigenvalue weighted by Gasteiger charge is -2.21. The van der Waals surface area contributed by atoms with E-state index >= 15 is 0 Å². The van der Waals surface area contributed by atoms with E-state index in [0.29, 0.717) is 25.7 Å². The van der Waals surface area contributed by atoms with Crippen LogP contribution in [0.2, 0.25) is 0 Å². The maximum absolute atomic E-state index is 13.1. The lowest BCUT2D eigenvalue weighted by molar-refractivity contribution is -0.161. The zero-order chi connectivity index (χ0) is 74.9. The van der Waals surface area contributed by atoms with Crippen molar-refractivity contribution in [2.24, 2.45) is 11.8 Å². The molecule has 0 aliphatic rings. The van der Waals surface area contributed by atoms with Crippen LogP contribution in [-0.2, 0) is 65.4 Å². The molecule has 19 heteroatoms. The lowest BCUT2D eigenvalue weighted by atomic mass is 9.99. The van der Waals surface area contributed by atoms with E-state index in [4.69, 9.17) is 37.0 Å². The molecule has 6 atom stereocenters. The van der Waals surface area contributed by atoms with Crippen molar-refractivity contribution in [2.75, 3.05) is 39.6 Å². The Kier molecular flexibility index (Phi) is 73.1. The fourth-order valence-corrected chi connectivity index (χ4v) is 14.4. The molecule has 0 aliphatic carbocycles. The van der Waals surface area contributed by atoms with E-state index in [9.17, 15) is 43.2 Å². The summed E-state index contributed by atoms with van der Waals surface area (Å²) in [7, 11) is -9.92. The predicted molar refractivity (Wildman–Crippen MR) is 418 cm³/mol. The van der Waals surface area contributed by atoms with E-state index in [-0.39, 0.29) is 25.7 Å². The first-order valence-electron chi connectivity index (χ1n) is 43.0. The highest BCUT2D eigenvalue weighted by Gasteiger charge is 2.30. The molecular weight excluding hydrogens is 1330 g/mol. The number of phosphoric ester groups is 2. The van der Waals surface area contributed by atoms with Crippen LogP contribution in [0.4, 0.5) is 0 Å². The fourth-order valence-electron chi connectivity index (χ4n) is 12.9. The third-order valence-corrected chi connectivity index (χ3v) is 21.7. The van der Waals surface area contributed by atoms with Crippen LogP contribution in [0.3, 0.4) is 0 Å². The van der Waals surface area contributed by atoms with Gasteiger partial charge in [0.05, 0.1) is 26.4 Å². The molecule has 0 rings (SSSR count). The highest BCUT2D eigenvalue weighted by atomic mass is 31.2. The number of aliphatic hydroxyl groups is 1. The largest absolute Gasteiger partial charge is 0.472 e. The van der Waals surface area contributed by atoms with Crippen molar-refractivity contribution in [1.29, 1.82) is 0 Å². The molecule has 3 N–H and O–H groups in total. The Bertz CT molecular complexity index is 1960. The van der Waals surface area contributed by atoms with Crippen molar-refractivity contribution in [3.63, 3.8) is 0 Å². The Balaban J connectivity index is 5.22. The monoisotopic (exact) mass is 1490 g/mol. The summed E-state index contributed by atoms with van der Waals surface area (Å²) in [4.78, 5) is 73.1. The molecule has 0 aromatic heterocycles. The van der Waals surface area contributed by atoms with Gasteiger partial charge in [-0.05, 0) is 37.5 Å². The van der Waals surface area contributed by atoms with Crippen LogP contribution in [0.1, 0.15) is 440 Å². The number of hydrogen-bond acceptors (Lipinski definition) is 15. The molecule has 0 bridgehead atoms. The van der Waals surface area contributed by atoms with Crippen molar-refractivity contribution in [2.45, 2.75) is 458 Å². The zero-order valence-electron chi connectivity index (χ0n) is 66.9. The fraction of sp³-hybridized carbons (Fsp3) is 0.952. The number of ether oxygens (including phenoxy) is 4. The Morgan fingerprint density at radius 2 is 0.500 bits per heavy atom. The van der Waals surface area contributed by atoms with Gasteiger partial charge in [0.1, 0.15) is 19.3 Å². The second-order valence-electron chi connectivity index (χ2n) is 30.6. The van der Waals surface area contributed by atoms with Gasteiger partial charge >= 0.3 is 39.5 Å². The minimum atomic E-state index is -4.96. The van der Waals surface area contributed by atoms with Crippen LogP contribution in [0.25, 0.3) is 0 Å². The minimum Gasteiger partial charge on any atom is -0.462 e. The van der Waals surface area contributed by atoms with Crippen LogP contribution in [-0.4, -0.2) is 96.7 Å². The van der Waals surface area contributed by atoms with E-state index in [0.717, 1.165) is 102 Å². The van der Waals surface area contributed by atoms with Crippen LogP contribution >= 0.6 is 15.6 Å². The highest BCUT2D eigenvalue weighted by molar-refractivity contribution is 7.47. The summed E-state index contributed by atoms with van der Waals surface area (Å²) < 4.78 is 68.8. The number of rotatable bonds is 82. The smallest absolute Gasteiger partial charge is 0.462 e. The Morgan fingerprint density at radius 1 is 0.284 bits per heavy atom. The van der Waals surface area contributed by atoms with Gasteiger partial charge < -0.3 is 33.8 Å². The third-order valence-electron chi connectivity index (χ3n) is 19.8. The molecule has 606 valence electrons. The molecule has 102 heavy (non-hydrogen) atoms. The SMILES string of the molecule is CCCCCCCCCCCCCCCCCCCC(=O)OC[C@H](COP(=O)(O)OC[C@@H](O)COP(=O)(O)OC[C@@H](COC(=O)CCCCCCCCCCC(C)C)OC(=O)CCCCCCCCCCCCCC)OC(=O)CCCCCCCCCCCCCCCCCCCCC(C)CC. The summed E-state index contributed by atoms with van der Waals surface area (Å²) in [5, 5.41) is 10.6. The molecule has 0 heterocycles. The summed E-state index contributed by atoms with van der Waals surface area (Å²) >= 11 is 0. The van der Waals surface area contributed by atoms with Crippen molar-refractivity contribution in [3.8, 4) is 0 Å². The average molecular weight is 1490 g/mol. The number of phosphoric acid groups is 2. The molecule has 0 spiro atoms. The van der Waals surface area contributed by atoms with Gasteiger partial charge in [0.15, 0.2) is 12.2 Å². The summed E-state index contributed by atoms with van der Waals surface area (Å²) in [5.74, 6) is -0.508. The Hall–Kier alpha value is -1.94. The number of carbonyl (C=O) groups is 4. The van der Waals surface area contributed by atoms with Gasteiger partial charge in [-0.2, -0.15) is 0 Å². The van der Waals surface area contributed by atoms with Gasteiger partial charge in [0.2, 0.25) is 0 Å². The standard InChI is InChI=1S/C83H162O17P2/c1-7-10-12-14-16-18-20-22-23-26-30-33-37-40-47-53-59-65-80(85)93-71-78(99-83(88)68-62-56-50-42-38-34-31-28-25-24-27-29-32-35-39-46-52-58-64-76(6)9-3)73-97-101(89,90)95-69-77(84)70-96-102(91,92)98-74-79(72-94-81(86)66-60-54-48-44-43-45-51-57-63-75(4)5)100-82(87)67-61-55-49-41-36-21-19-17-15-13-11-8-2/h75-79,84H,7-74H2,1-6H3,(H,89,90)(H,91,92)/t76?,77-,78-,79-/m1/s1. The van der Waals surface area contributed by atoms with Crippen molar-refractivity contribution < 1.29 is 80.2 Å². The molecule has 0 amide bonds. The quantitative estimate of drug-likeness (QED) is 0.0222. The number of carbonyl (C=O) groups excluding carboxylic acids is 4. The minimum absolute atomic E-state index is 0.107. The first-order chi connectivity index (χ1) is 49.4. The van der Waals surface area contributed by atoms with E-state index in [1.807, 2.05) is 0 Å². The van der Waals surface area contributed by atoms with E-state index in [2.05, 4.69) is 41.5 Å². The summed E-state index contributed by atoms with van der Waals surface area (Å²) in [5.41, 5.74) is 0. The third kappa shape index (κ3) is 74.9. The van der Waals surface area contributed by atoms with E-state index in [1.165, 1.54) is 257 Å². The molecule has 0 fully saturated rings. The molecule has 0 saturated carbocycles. The molecule has 3 unspecified atom stereocenters. The van der Waals surface area contributed by atoms with Crippen molar-refractivity contribution in [3.05, 3.63) is 0 Å². The van der Waals surface area contributed by atoms with Gasteiger partial charge in [-0.15, -0.1) is 0 Å². The van der Waals surface area contributed by atoms with Gasteiger partial charge in [-0.25, -0.2) is 9.13 Å². The predicted octanol–water partition coefficient (Wildman–Crippen LogP) is 25.1. The summed E-state index contributed by atoms with van der Waals surface area (Å²) in [6.45, 7) is 9.68. The van der Waals surface area contributed by atoms with Gasteiger partial charge in [0.25, 0.3) is 0 Å². The Morgan fingerprint density at radius 3 is 0.745 bits per heavy atom. The lowest BCUT2D eigenvalue weighted by Crippen LogP contribution is -2.30. The van der Waals surface area contributed by atoms with E-state index in [1.54, 1.807) is 0 Å². The summed E-state index contributed by atoms with van der Waals surface area (Å²) in [6, 6.07) is 0. The molecule has 0 aliphatic heterocycles. The normalized spacial score (nSPS) is 14.1. The van der Waals surface area contributed by atoms with Crippen LogP contribution in [0.15, 0.2) is 0 Å². The molecular formula is C83H162O17P2. The van der Waals surface area contributed by atoms with Gasteiger partial charge in [-0.3, -0.25) is 37.3 Å². The van der Waals surface area contributed by atoms with Crippen LogP contribution in [0.5, 0.6) is 0 Å². The highest BCUT2D eigenvalue weighted by Crippen LogP contribution is 2.45. The van der Waals surface area contributed by atoms with Gasteiger partial charge in [-0.1, -0.05) is 388 Å². The Labute approximate surface area is 626 Å². The molecule has 0 radical (unpaired) electrons. The second kappa shape index (κ2) is 74.5. The van der Waals surface area contributed by atoms with Crippen molar-refractivity contribution in [1.82, 2.24) is 0 Å². The molecule has 0 aromatic rings. The topological polar surface area (TPSA) is 237 Å². The van der Waals surface area contributed by atoms with E-state index < -0.39 is 97.5 Å². The zero-order valence-corrected chi connectivity index (χ0v) is 68.7. The van der Waals surface area contributed by atoms with Crippen LogP contribution in [0, 0.1) is 11.8 Å².